The minimum absolute atomic E-state index is 0.0790. The molecule has 1 unspecified atom stereocenters. The van der Waals surface area contributed by atoms with Gasteiger partial charge in [0.2, 0.25) is 5.95 Å². The second kappa shape index (κ2) is 6.67. The quantitative estimate of drug-likeness (QED) is 0.757. The highest BCUT2D eigenvalue weighted by Crippen LogP contribution is 2.36. The molecule has 1 aliphatic rings. The molecule has 0 saturated heterocycles. The predicted molar refractivity (Wildman–Crippen MR) is 103 cm³/mol. The summed E-state index contributed by atoms with van der Waals surface area (Å²) >= 11 is 0. The highest BCUT2D eigenvalue weighted by Gasteiger charge is 2.25. The number of aromatic nitrogens is 3. The summed E-state index contributed by atoms with van der Waals surface area (Å²) in [6.07, 6.45) is 3.74. The van der Waals surface area contributed by atoms with E-state index in [0.29, 0.717) is 5.92 Å². The van der Waals surface area contributed by atoms with Crippen LogP contribution in [0.3, 0.4) is 0 Å². The van der Waals surface area contributed by atoms with Gasteiger partial charge in [-0.2, -0.15) is 10.1 Å². The Labute approximate surface area is 153 Å². The van der Waals surface area contributed by atoms with Gasteiger partial charge in [0, 0.05) is 11.3 Å². The number of nitrogens with zero attached hydrogens (tertiary/aromatic N) is 3. The van der Waals surface area contributed by atoms with Gasteiger partial charge < -0.3 is 10.1 Å². The highest BCUT2D eigenvalue weighted by molar-refractivity contribution is 5.77. The van der Waals surface area contributed by atoms with Crippen molar-refractivity contribution in [3.8, 4) is 5.75 Å². The van der Waals surface area contributed by atoms with Crippen molar-refractivity contribution in [2.24, 2.45) is 0 Å². The fraction of sp³-hybridized carbons (Fsp3) is 0.238. The van der Waals surface area contributed by atoms with E-state index in [-0.39, 0.29) is 6.04 Å². The van der Waals surface area contributed by atoms with Crippen LogP contribution < -0.4 is 10.1 Å². The van der Waals surface area contributed by atoms with Gasteiger partial charge in [-0.1, -0.05) is 56.3 Å². The largest absolute Gasteiger partial charge is 0.496 e. The molecule has 3 aromatic rings. The van der Waals surface area contributed by atoms with E-state index in [9.17, 15) is 0 Å². The van der Waals surface area contributed by atoms with Gasteiger partial charge in [-0.3, -0.25) is 0 Å². The molecule has 1 aromatic heterocycles. The van der Waals surface area contributed by atoms with Gasteiger partial charge in [0.05, 0.1) is 7.11 Å². The summed E-state index contributed by atoms with van der Waals surface area (Å²) in [5.74, 6) is 2.08. The number of fused-ring (bicyclic) bond motifs is 1. The molecule has 0 amide bonds. The van der Waals surface area contributed by atoms with Crippen molar-refractivity contribution in [2.45, 2.75) is 25.8 Å². The van der Waals surface area contributed by atoms with Gasteiger partial charge in [-0.05, 0) is 29.2 Å². The molecule has 0 bridgehead atoms. The number of para-hydroxylation sites is 1. The molecule has 0 spiro atoms. The predicted octanol–water partition coefficient (Wildman–Crippen LogP) is 4.47. The summed E-state index contributed by atoms with van der Waals surface area (Å²) in [5.41, 5.74) is 4.54. The van der Waals surface area contributed by atoms with Gasteiger partial charge in [0.1, 0.15) is 18.1 Å². The number of rotatable bonds is 4. The van der Waals surface area contributed by atoms with Gasteiger partial charge in [0.25, 0.3) is 0 Å². The first kappa shape index (κ1) is 16.4. The maximum absolute atomic E-state index is 5.56. The molecular formula is C21H22N4O. The van der Waals surface area contributed by atoms with Crippen LogP contribution in [0.2, 0.25) is 0 Å². The third-order valence-corrected chi connectivity index (χ3v) is 4.75. The van der Waals surface area contributed by atoms with Crippen LogP contribution in [0.4, 0.5) is 5.95 Å². The van der Waals surface area contributed by atoms with Crippen molar-refractivity contribution in [2.75, 3.05) is 12.4 Å². The highest BCUT2D eigenvalue weighted by atomic mass is 16.5. The molecule has 4 rings (SSSR count). The summed E-state index contributed by atoms with van der Waals surface area (Å²) in [7, 11) is 1.69. The topological polar surface area (TPSA) is 52.0 Å². The molecular weight excluding hydrogens is 324 g/mol. The Hall–Kier alpha value is -3.08. The van der Waals surface area contributed by atoms with Gasteiger partial charge in [-0.15, -0.1) is 0 Å². The lowest BCUT2D eigenvalue weighted by Crippen LogP contribution is -2.20. The Morgan fingerprint density at radius 3 is 2.58 bits per heavy atom. The van der Waals surface area contributed by atoms with Gasteiger partial charge in [0.15, 0.2) is 0 Å². The molecule has 1 aliphatic heterocycles. The van der Waals surface area contributed by atoms with Crippen LogP contribution in [0.15, 0.2) is 60.9 Å². The second-order valence-corrected chi connectivity index (χ2v) is 6.70. The van der Waals surface area contributed by atoms with Crippen LogP contribution in [0.1, 0.15) is 42.5 Å². The van der Waals surface area contributed by atoms with E-state index in [1.807, 2.05) is 22.9 Å². The minimum atomic E-state index is -0.0790. The van der Waals surface area contributed by atoms with E-state index < -0.39 is 0 Å². The lowest BCUT2D eigenvalue weighted by atomic mass is 9.98. The van der Waals surface area contributed by atoms with E-state index in [4.69, 9.17) is 4.74 Å². The maximum atomic E-state index is 5.56. The molecule has 0 fully saturated rings. The van der Waals surface area contributed by atoms with Gasteiger partial charge >= 0.3 is 0 Å². The summed E-state index contributed by atoms with van der Waals surface area (Å²) in [6.45, 7) is 4.40. The molecule has 0 radical (unpaired) electrons. The number of ether oxygens (including phenoxy) is 1. The summed E-state index contributed by atoms with van der Waals surface area (Å²) in [5, 5.41) is 7.79. The average Bonchev–Trinajstić information content (AvgIpc) is 3.16. The molecule has 26 heavy (non-hydrogen) atoms. The smallest absolute Gasteiger partial charge is 0.226 e. The third kappa shape index (κ3) is 2.86. The molecule has 0 aliphatic carbocycles. The lowest BCUT2D eigenvalue weighted by molar-refractivity contribution is 0.404. The Bertz CT molecular complexity index is 941. The van der Waals surface area contributed by atoms with Crippen molar-refractivity contribution >= 4 is 11.6 Å². The van der Waals surface area contributed by atoms with Crippen LogP contribution in [-0.4, -0.2) is 21.9 Å². The fourth-order valence-corrected chi connectivity index (χ4v) is 3.28. The van der Waals surface area contributed by atoms with Crippen LogP contribution in [0, 0.1) is 0 Å². The first-order chi connectivity index (χ1) is 12.7. The number of methoxy groups -OCH3 is 1. The molecule has 2 heterocycles. The zero-order valence-corrected chi connectivity index (χ0v) is 15.2. The summed E-state index contributed by atoms with van der Waals surface area (Å²) < 4.78 is 7.44. The summed E-state index contributed by atoms with van der Waals surface area (Å²) in [4.78, 5) is 4.37. The number of hydrogen-bond donors (Lipinski definition) is 1. The van der Waals surface area contributed by atoms with Gasteiger partial charge in [-0.25, -0.2) is 4.68 Å². The molecule has 132 valence electrons. The number of nitrogens with one attached hydrogen (secondary N) is 1. The van der Waals surface area contributed by atoms with E-state index >= 15 is 0 Å². The van der Waals surface area contributed by atoms with E-state index in [0.717, 1.165) is 28.5 Å². The van der Waals surface area contributed by atoms with Crippen molar-refractivity contribution in [1.82, 2.24) is 14.8 Å². The van der Waals surface area contributed by atoms with Crippen molar-refractivity contribution < 1.29 is 4.74 Å². The van der Waals surface area contributed by atoms with Crippen molar-refractivity contribution in [1.29, 1.82) is 0 Å². The average molecular weight is 346 g/mol. The van der Waals surface area contributed by atoms with Crippen LogP contribution in [0.25, 0.3) is 5.70 Å². The Morgan fingerprint density at radius 1 is 1.08 bits per heavy atom. The lowest BCUT2D eigenvalue weighted by Gasteiger charge is -2.25. The summed E-state index contributed by atoms with van der Waals surface area (Å²) in [6, 6.07) is 16.6. The van der Waals surface area contributed by atoms with E-state index in [1.165, 1.54) is 5.56 Å². The number of hydrogen-bond acceptors (Lipinski definition) is 4. The molecule has 5 nitrogen and oxygen atoms in total. The Morgan fingerprint density at radius 2 is 1.85 bits per heavy atom. The first-order valence-corrected chi connectivity index (χ1v) is 8.79. The van der Waals surface area contributed by atoms with Crippen LogP contribution in [0.5, 0.6) is 5.75 Å². The van der Waals surface area contributed by atoms with Crippen LogP contribution >= 0.6 is 0 Å². The minimum Gasteiger partial charge on any atom is -0.496 e. The number of anilines is 1. The molecule has 2 aromatic carbocycles. The molecule has 1 N–H and O–H groups in total. The van der Waals surface area contributed by atoms with E-state index in [1.54, 1.807) is 13.4 Å². The fourth-order valence-electron chi connectivity index (χ4n) is 3.28. The Balaban J connectivity index is 1.78. The zero-order chi connectivity index (χ0) is 18.1. The SMILES string of the molecule is COc1ccccc1C1C=C(c2ccc(C(C)C)cc2)Nc2ncnn21. The van der Waals surface area contributed by atoms with Crippen molar-refractivity contribution in [3.05, 3.63) is 77.6 Å². The number of allylic oxidation sites excluding steroid dienone is 1. The molecule has 5 heteroatoms. The Kier molecular flexibility index (Phi) is 4.21. The van der Waals surface area contributed by atoms with Crippen molar-refractivity contribution in [3.63, 3.8) is 0 Å². The standard InChI is InChI=1S/C21H22N4O/c1-14(2)15-8-10-16(11-9-15)18-12-19(25-21(24-18)22-13-23-25)17-6-4-5-7-20(17)26-3/h4-14,19H,1-3H3,(H,22,23,24). The molecule has 1 atom stereocenters. The number of benzene rings is 2. The normalized spacial score (nSPS) is 16.0. The monoisotopic (exact) mass is 346 g/mol. The van der Waals surface area contributed by atoms with Crippen LogP contribution in [-0.2, 0) is 0 Å². The molecule has 0 saturated carbocycles. The third-order valence-electron chi connectivity index (χ3n) is 4.75. The second-order valence-electron chi connectivity index (χ2n) is 6.70. The maximum Gasteiger partial charge on any atom is 0.226 e. The zero-order valence-electron chi connectivity index (χ0n) is 15.2. The first-order valence-electron chi connectivity index (χ1n) is 8.79. The van der Waals surface area contributed by atoms with E-state index in [2.05, 4.69) is 65.7 Å².